The summed E-state index contributed by atoms with van der Waals surface area (Å²) in [6.07, 6.45) is 8.47. The molecular weight excluding hydrogens is 194 g/mol. The fourth-order valence-electron chi connectivity index (χ4n) is 1.59. The molecule has 0 atom stereocenters. The minimum Gasteiger partial charge on any atom is -0.368 e. The monoisotopic (exact) mass is 219 g/mol. The summed E-state index contributed by atoms with van der Waals surface area (Å²) < 4.78 is 0. The predicted molar refractivity (Wildman–Crippen MR) is 59.6 cm³/mol. The van der Waals surface area contributed by atoms with E-state index in [9.17, 15) is 0 Å². The summed E-state index contributed by atoms with van der Waals surface area (Å²) in [6, 6.07) is 0. The minimum absolute atomic E-state index is 0.502. The van der Waals surface area contributed by atoms with E-state index in [1.165, 1.54) is 32.1 Å². The Kier molecular flexibility index (Phi) is 11.8. The molecule has 0 aromatic carbocycles. The van der Waals surface area contributed by atoms with Gasteiger partial charge >= 0.3 is 0 Å². The van der Waals surface area contributed by atoms with Crippen molar-refractivity contribution in [2.24, 2.45) is 0 Å². The molecule has 0 aliphatic rings. The maximum atomic E-state index is 8.60. The van der Waals surface area contributed by atoms with Crippen molar-refractivity contribution in [3.8, 4) is 0 Å². The number of nitrogens with one attached hydrogen (secondary N) is 1. The maximum Gasteiger partial charge on any atom is 0.151 e. The van der Waals surface area contributed by atoms with Gasteiger partial charge < -0.3 is 15.4 Å². The van der Waals surface area contributed by atoms with Crippen molar-refractivity contribution < 1.29 is 15.4 Å². The van der Waals surface area contributed by atoms with Crippen molar-refractivity contribution in [3.63, 3.8) is 0 Å². The Balaban J connectivity index is 2.87. The smallest absolute Gasteiger partial charge is 0.151 e. The van der Waals surface area contributed by atoms with Crippen molar-refractivity contribution in [1.82, 2.24) is 5.48 Å². The van der Waals surface area contributed by atoms with E-state index in [2.05, 4.69) is 5.48 Å². The summed E-state index contributed by atoms with van der Waals surface area (Å²) in [7, 11) is 0. The molecule has 15 heavy (non-hydrogen) atoms. The topological polar surface area (TPSA) is 72.7 Å². The lowest BCUT2D eigenvalue weighted by atomic mass is 10.1. The zero-order chi connectivity index (χ0) is 11.4. The van der Waals surface area contributed by atoms with E-state index in [0.717, 1.165) is 19.3 Å². The largest absolute Gasteiger partial charge is 0.368 e. The van der Waals surface area contributed by atoms with E-state index in [1.54, 1.807) is 0 Å². The Labute approximate surface area is 92.3 Å². The zero-order valence-electron chi connectivity index (χ0n) is 9.49. The van der Waals surface area contributed by atoms with Crippen LogP contribution in [0.2, 0.25) is 0 Å². The van der Waals surface area contributed by atoms with Crippen molar-refractivity contribution in [2.45, 2.75) is 64.1 Å². The van der Waals surface area contributed by atoms with Gasteiger partial charge in [0.05, 0.1) is 0 Å². The molecule has 0 saturated carbocycles. The van der Waals surface area contributed by atoms with Gasteiger partial charge in [-0.15, -0.1) is 0 Å². The van der Waals surface area contributed by atoms with Crippen LogP contribution in [-0.2, 0) is 0 Å². The van der Waals surface area contributed by atoms with E-state index >= 15 is 0 Å². The Bertz CT molecular complexity index is 120. The molecule has 4 heteroatoms. The molecule has 0 aliphatic heterocycles. The van der Waals surface area contributed by atoms with Crippen molar-refractivity contribution >= 4 is 0 Å². The molecule has 0 bridgehead atoms. The first-order valence-electron chi connectivity index (χ1n) is 6.00. The Morgan fingerprint density at radius 2 is 1.20 bits per heavy atom. The van der Waals surface area contributed by atoms with Gasteiger partial charge in [-0.1, -0.05) is 38.5 Å². The summed E-state index contributed by atoms with van der Waals surface area (Å²) in [5, 5.41) is 25.5. The van der Waals surface area contributed by atoms with Crippen LogP contribution >= 0.6 is 0 Å². The molecule has 0 saturated heterocycles. The number of hydrogen-bond donors (Lipinski definition) is 4. The molecule has 0 rings (SSSR count). The highest BCUT2D eigenvalue weighted by Gasteiger charge is 1.96. The lowest BCUT2D eigenvalue weighted by molar-refractivity contribution is -0.0466. The lowest BCUT2D eigenvalue weighted by Crippen LogP contribution is -2.07. The lowest BCUT2D eigenvalue weighted by Gasteiger charge is -2.03. The summed E-state index contributed by atoms with van der Waals surface area (Å²) in [5.74, 6) is 0. The Hall–Kier alpha value is -0.160. The second kappa shape index (κ2) is 11.9. The van der Waals surface area contributed by atoms with Crippen LogP contribution in [0.25, 0.3) is 0 Å². The predicted octanol–water partition coefficient (Wildman–Crippen LogP) is 1.79. The molecule has 0 radical (unpaired) electrons. The van der Waals surface area contributed by atoms with Crippen LogP contribution in [0.4, 0.5) is 0 Å². The molecule has 0 heterocycles. The second-order valence-electron chi connectivity index (χ2n) is 4.01. The van der Waals surface area contributed by atoms with Crippen LogP contribution in [0.1, 0.15) is 57.8 Å². The number of unbranched alkanes of at least 4 members (excludes halogenated alkanes) is 7. The van der Waals surface area contributed by atoms with Crippen LogP contribution in [0.15, 0.2) is 0 Å². The molecule has 0 unspecified atom stereocenters. The van der Waals surface area contributed by atoms with Gasteiger partial charge in [-0.05, 0) is 19.3 Å². The van der Waals surface area contributed by atoms with E-state index in [0.29, 0.717) is 13.0 Å². The molecule has 0 aromatic heterocycles. The summed E-state index contributed by atoms with van der Waals surface area (Å²) in [6.45, 7) is 0.689. The van der Waals surface area contributed by atoms with Gasteiger partial charge in [0.1, 0.15) is 0 Å². The van der Waals surface area contributed by atoms with Crippen LogP contribution in [-0.4, -0.2) is 28.3 Å². The van der Waals surface area contributed by atoms with Crippen LogP contribution < -0.4 is 5.48 Å². The highest BCUT2D eigenvalue weighted by atomic mass is 16.5. The maximum absolute atomic E-state index is 8.60. The van der Waals surface area contributed by atoms with E-state index in [4.69, 9.17) is 15.4 Å². The van der Waals surface area contributed by atoms with E-state index in [-0.39, 0.29) is 0 Å². The molecule has 0 amide bonds. The van der Waals surface area contributed by atoms with Gasteiger partial charge in [0, 0.05) is 6.54 Å². The van der Waals surface area contributed by atoms with Gasteiger partial charge in [0.15, 0.2) is 6.29 Å². The average Bonchev–Trinajstić information content (AvgIpc) is 2.20. The van der Waals surface area contributed by atoms with Crippen molar-refractivity contribution in [2.75, 3.05) is 6.54 Å². The molecule has 0 spiro atoms. The third-order valence-corrected chi connectivity index (χ3v) is 2.50. The van der Waals surface area contributed by atoms with Crippen molar-refractivity contribution in [3.05, 3.63) is 0 Å². The SMILES string of the molecule is ONCCCCCCCCCCC(O)O. The zero-order valence-corrected chi connectivity index (χ0v) is 9.49. The summed E-state index contributed by atoms with van der Waals surface area (Å²) in [4.78, 5) is 0. The molecule has 0 aromatic rings. The molecule has 0 fully saturated rings. The number of hydroxylamine groups is 1. The number of aliphatic hydroxyl groups excluding tert-OH is 1. The van der Waals surface area contributed by atoms with Gasteiger partial charge in [0.25, 0.3) is 0 Å². The molecule has 92 valence electrons. The number of aliphatic hydroxyl groups is 2. The first-order chi connectivity index (χ1) is 7.27. The van der Waals surface area contributed by atoms with Gasteiger partial charge in [-0.25, -0.2) is 5.48 Å². The Morgan fingerprint density at radius 3 is 1.67 bits per heavy atom. The second-order valence-corrected chi connectivity index (χ2v) is 4.01. The van der Waals surface area contributed by atoms with Crippen LogP contribution in [0.5, 0.6) is 0 Å². The fourth-order valence-corrected chi connectivity index (χ4v) is 1.59. The molecule has 4 N–H and O–H groups in total. The van der Waals surface area contributed by atoms with E-state index in [1.807, 2.05) is 0 Å². The number of rotatable bonds is 11. The normalized spacial score (nSPS) is 11.2. The fraction of sp³-hybridized carbons (Fsp3) is 1.00. The van der Waals surface area contributed by atoms with Crippen LogP contribution in [0.3, 0.4) is 0 Å². The van der Waals surface area contributed by atoms with Crippen LogP contribution in [0, 0.1) is 0 Å². The minimum atomic E-state index is -1.13. The average molecular weight is 219 g/mol. The van der Waals surface area contributed by atoms with Gasteiger partial charge in [-0.3, -0.25) is 0 Å². The van der Waals surface area contributed by atoms with Gasteiger partial charge in [-0.2, -0.15) is 0 Å². The first kappa shape index (κ1) is 14.8. The van der Waals surface area contributed by atoms with Crippen molar-refractivity contribution in [1.29, 1.82) is 0 Å². The highest BCUT2D eigenvalue weighted by Crippen LogP contribution is 2.09. The van der Waals surface area contributed by atoms with Gasteiger partial charge in [0.2, 0.25) is 0 Å². The molecular formula is C11H25NO3. The standard InChI is InChI=1S/C11H25NO3/c13-11(14)9-7-5-3-1-2-4-6-8-10-12-15/h11-15H,1-10H2. The highest BCUT2D eigenvalue weighted by molar-refractivity contribution is 4.48. The Morgan fingerprint density at radius 1 is 0.733 bits per heavy atom. The third-order valence-electron chi connectivity index (χ3n) is 2.50. The van der Waals surface area contributed by atoms with E-state index < -0.39 is 6.29 Å². The molecule has 4 nitrogen and oxygen atoms in total. The molecule has 0 aliphatic carbocycles. The quantitative estimate of drug-likeness (QED) is 0.243. The number of hydrogen-bond acceptors (Lipinski definition) is 4. The summed E-state index contributed by atoms with van der Waals surface area (Å²) in [5.41, 5.74) is 2.15. The first-order valence-corrected chi connectivity index (χ1v) is 6.00. The summed E-state index contributed by atoms with van der Waals surface area (Å²) >= 11 is 0. The third kappa shape index (κ3) is 13.8.